The summed E-state index contributed by atoms with van der Waals surface area (Å²) >= 11 is 0. The Labute approximate surface area is 276 Å². The summed E-state index contributed by atoms with van der Waals surface area (Å²) in [7, 11) is 2.90. The molecule has 238 valence electrons. The van der Waals surface area contributed by atoms with Crippen LogP contribution in [0.25, 0.3) is 40.5 Å². The fourth-order valence-electron chi connectivity index (χ4n) is 9.65. The number of allylic oxidation sites excluding steroid dienone is 1. The van der Waals surface area contributed by atoms with E-state index in [0.29, 0.717) is 25.7 Å². The van der Waals surface area contributed by atoms with Gasteiger partial charge in [0.05, 0.1) is 52.8 Å². The van der Waals surface area contributed by atoms with E-state index in [4.69, 9.17) is 14.5 Å². The van der Waals surface area contributed by atoms with Crippen LogP contribution in [-0.2, 0) is 37.8 Å². The highest BCUT2D eigenvalue weighted by atomic mass is 16.5. The molecular formula is C39H35N5O4+2. The predicted octanol–water partition coefficient (Wildman–Crippen LogP) is 2.05. The molecule has 1 atom stereocenters. The van der Waals surface area contributed by atoms with Gasteiger partial charge in [-0.2, -0.15) is 9.13 Å². The zero-order chi connectivity index (χ0) is 33.0. The van der Waals surface area contributed by atoms with E-state index in [1.807, 2.05) is 6.20 Å². The van der Waals surface area contributed by atoms with Crippen LogP contribution >= 0.6 is 0 Å². The van der Waals surface area contributed by atoms with Gasteiger partial charge in [-0.1, -0.05) is 16.1 Å². The number of carbonyl (C=O) groups is 2. The Balaban J connectivity index is 1.45. The number of benzene rings is 1. The van der Waals surface area contributed by atoms with Crippen LogP contribution in [0.4, 0.5) is 0 Å². The summed E-state index contributed by atoms with van der Waals surface area (Å²) in [4.78, 5) is 30.0. The molecule has 0 saturated heterocycles. The first-order valence-corrected chi connectivity index (χ1v) is 16.8. The van der Waals surface area contributed by atoms with Gasteiger partial charge in [0, 0.05) is 42.3 Å². The van der Waals surface area contributed by atoms with Crippen molar-refractivity contribution in [1.82, 2.24) is 18.7 Å². The van der Waals surface area contributed by atoms with Crippen LogP contribution < -0.4 is 25.8 Å². The Bertz CT molecular complexity index is 2700. The van der Waals surface area contributed by atoms with Crippen LogP contribution in [0.2, 0.25) is 0 Å². The van der Waals surface area contributed by atoms with Gasteiger partial charge in [0.25, 0.3) is 0 Å². The van der Waals surface area contributed by atoms with E-state index in [0.717, 1.165) is 56.4 Å². The standard InChI is InChI=1S/C39H35N5O4/c1-7-22-19(2)30-16-28-20(3)23(9-12-34(45)47-5)31-18-32-24(10-13-35(46)48-6)21(4)29-17-33-25-14-15-40-27-11-8-26-37(22)43(30)39(41(28)31,42(29)32)44(33)38(26)36(25)27/h8,11,14-18H,7,9-10,12-13H2,1-6H3/q+2/t39-/m0/s1. The number of esters is 2. The number of rotatable bonds is 7. The first-order chi connectivity index (χ1) is 23.3. The van der Waals surface area contributed by atoms with Crippen molar-refractivity contribution in [3.8, 4) is 0 Å². The normalized spacial score (nSPS) is 19.5. The molecule has 0 saturated carbocycles. The fourth-order valence-corrected chi connectivity index (χ4v) is 9.65. The Kier molecular flexibility index (Phi) is 5.19. The number of pyridine rings is 1. The van der Waals surface area contributed by atoms with Gasteiger partial charge in [-0.3, -0.25) is 14.6 Å². The third-order valence-corrected chi connectivity index (χ3v) is 11.7. The highest BCUT2D eigenvalue weighted by Gasteiger charge is 2.72. The molecule has 9 heterocycles. The average molecular weight is 638 g/mol. The number of fused-ring (bicyclic) bond motifs is 1. The molecule has 0 fully saturated rings. The lowest BCUT2D eigenvalue weighted by Gasteiger charge is -2.37. The van der Waals surface area contributed by atoms with Crippen molar-refractivity contribution >= 4 is 58.2 Å². The molecule has 6 aliphatic rings. The third kappa shape index (κ3) is 2.86. The summed E-state index contributed by atoms with van der Waals surface area (Å²) in [5.41, 5.74) is 15.2. The van der Waals surface area contributed by atoms with Gasteiger partial charge < -0.3 is 9.47 Å². The van der Waals surface area contributed by atoms with Crippen molar-refractivity contribution in [2.45, 2.75) is 65.7 Å². The maximum absolute atomic E-state index is 12.5. The van der Waals surface area contributed by atoms with Crippen LogP contribution in [0.15, 0.2) is 35.5 Å². The molecule has 0 radical (unpaired) electrons. The molecule has 4 aromatic rings. The quantitative estimate of drug-likeness (QED) is 0.229. The highest BCUT2D eigenvalue weighted by Crippen LogP contribution is 2.49. The maximum atomic E-state index is 12.5. The molecule has 6 aliphatic heterocycles. The summed E-state index contributed by atoms with van der Waals surface area (Å²) < 4.78 is 20.4. The van der Waals surface area contributed by atoms with Gasteiger partial charge in [-0.15, -0.1) is 0 Å². The number of hydrogen-bond acceptors (Lipinski definition) is 5. The van der Waals surface area contributed by atoms with Crippen molar-refractivity contribution in [3.63, 3.8) is 0 Å². The molecular weight excluding hydrogens is 602 g/mol. The van der Waals surface area contributed by atoms with Crippen LogP contribution in [0.1, 0.15) is 72.3 Å². The lowest BCUT2D eigenvalue weighted by atomic mass is 10.00. The SMILES string of the molecule is CCC1=C(C)C2=[N+]3C1=c1ccc4nccc5c4c1=[N+]1C5=Cc4c(C)c(CCC(=O)OC)c5n4[C@@]31n1c(c(C)c(CCC(=O)OC)c1=C5)=C2. The lowest BCUT2D eigenvalue weighted by molar-refractivity contribution is -0.587. The van der Waals surface area contributed by atoms with Crippen LogP contribution in [0, 0.1) is 13.8 Å². The van der Waals surface area contributed by atoms with Gasteiger partial charge in [0.1, 0.15) is 5.22 Å². The molecule has 10 rings (SSSR count). The lowest BCUT2D eigenvalue weighted by Crippen LogP contribution is -2.74. The molecule has 9 heteroatoms. The second kappa shape index (κ2) is 8.98. The molecule has 0 bridgehead atoms. The maximum Gasteiger partial charge on any atom is 0.553 e. The number of methoxy groups -OCH3 is 2. The van der Waals surface area contributed by atoms with Gasteiger partial charge in [-0.25, -0.2) is 0 Å². The van der Waals surface area contributed by atoms with Crippen molar-refractivity contribution in [3.05, 3.63) is 96.0 Å². The van der Waals surface area contributed by atoms with Crippen molar-refractivity contribution in [1.29, 1.82) is 0 Å². The smallest absolute Gasteiger partial charge is 0.469 e. The van der Waals surface area contributed by atoms with Crippen molar-refractivity contribution < 1.29 is 23.6 Å². The van der Waals surface area contributed by atoms with Gasteiger partial charge in [0.2, 0.25) is 22.5 Å². The summed E-state index contributed by atoms with van der Waals surface area (Å²) in [5.74, 6) is -1.30. The van der Waals surface area contributed by atoms with E-state index in [-0.39, 0.29) is 11.9 Å². The Morgan fingerprint density at radius 3 is 2.33 bits per heavy atom. The topological polar surface area (TPSA) is 81.4 Å². The van der Waals surface area contributed by atoms with E-state index in [9.17, 15) is 9.59 Å². The predicted molar refractivity (Wildman–Crippen MR) is 181 cm³/mol. The van der Waals surface area contributed by atoms with E-state index >= 15 is 0 Å². The minimum atomic E-state index is -0.853. The second-order valence-corrected chi connectivity index (χ2v) is 13.6. The van der Waals surface area contributed by atoms with Crippen LogP contribution in [0.3, 0.4) is 0 Å². The average Bonchev–Trinajstić information content (AvgIpc) is 3.77. The van der Waals surface area contributed by atoms with Crippen LogP contribution in [-0.4, -0.2) is 50.6 Å². The first kappa shape index (κ1) is 27.8. The Morgan fingerprint density at radius 1 is 0.854 bits per heavy atom. The molecule has 0 N–H and O–H groups in total. The van der Waals surface area contributed by atoms with Crippen molar-refractivity contribution in [2.75, 3.05) is 14.2 Å². The Morgan fingerprint density at radius 2 is 1.60 bits per heavy atom. The van der Waals surface area contributed by atoms with E-state index in [2.05, 4.69) is 82.4 Å². The number of hydrogen-bond donors (Lipinski definition) is 0. The minimum Gasteiger partial charge on any atom is -0.469 e. The molecule has 1 aromatic carbocycles. The molecule has 0 unspecified atom stereocenters. The fraction of sp³-hybridized carbons (Fsp3) is 0.308. The van der Waals surface area contributed by atoms with Crippen LogP contribution in [0.5, 0.6) is 0 Å². The van der Waals surface area contributed by atoms with Gasteiger partial charge >= 0.3 is 17.8 Å². The zero-order valence-corrected chi connectivity index (χ0v) is 27.9. The third-order valence-electron chi connectivity index (χ3n) is 11.7. The summed E-state index contributed by atoms with van der Waals surface area (Å²) in [6.07, 6.45) is 11.5. The van der Waals surface area contributed by atoms with E-state index < -0.39 is 5.91 Å². The van der Waals surface area contributed by atoms with Gasteiger partial charge in [0.15, 0.2) is 0 Å². The number of nitrogens with zero attached hydrogens (tertiary/aromatic N) is 5. The minimum absolute atomic E-state index is 0.222. The highest BCUT2D eigenvalue weighted by molar-refractivity contribution is 6.21. The zero-order valence-electron chi connectivity index (χ0n) is 27.9. The largest absolute Gasteiger partial charge is 0.553 e. The molecule has 48 heavy (non-hydrogen) atoms. The van der Waals surface area contributed by atoms with Gasteiger partial charge in [-0.05, 0) is 86.6 Å². The first-order valence-electron chi connectivity index (χ1n) is 16.8. The molecule has 0 aliphatic carbocycles. The Hall–Kier alpha value is -5.31. The van der Waals surface area contributed by atoms with Crippen molar-refractivity contribution in [2.24, 2.45) is 0 Å². The monoisotopic (exact) mass is 637 g/mol. The molecule has 1 spiro atoms. The summed E-state index contributed by atoms with van der Waals surface area (Å²) in [6, 6.07) is 6.60. The number of aromatic nitrogens is 3. The number of carbonyl (C=O) groups excluding carboxylic acids is 2. The summed E-state index contributed by atoms with van der Waals surface area (Å²) in [6.45, 7) is 8.91. The summed E-state index contributed by atoms with van der Waals surface area (Å²) in [5, 5.41) is 5.83. The second-order valence-electron chi connectivity index (χ2n) is 13.6. The molecule has 0 amide bonds. The number of ether oxygens (including phenoxy) is 2. The van der Waals surface area contributed by atoms with E-state index in [1.165, 1.54) is 63.9 Å². The molecule has 3 aromatic heterocycles. The van der Waals surface area contributed by atoms with E-state index in [1.54, 1.807) is 0 Å². The molecule has 9 nitrogen and oxygen atoms in total.